The molecule has 0 atom stereocenters. The van der Waals surface area contributed by atoms with Gasteiger partial charge in [-0.25, -0.2) is 9.97 Å². The molecule has 1 aromatic heterocycles. The molecule has 20 heavy (non-hydrogen) atoms. The standard InChI is InChI=1S/C12H17F2N3O2S/c1-18-20-10-4-2-8(3-5-10)17-12-15-6-9(7-16-12)19-11(13)14/h6-8,10-11H,2-5H2,1H3,(H,15,16,17). The molecule has 1 heterocycles. The molecule has 1 aliphatic rings. The van der Waals surface area contributed by atoms with Crippen molar-refractivity contribution in [2.45, 2.75) is 43.6 Å². The van der Waals surface area contributed by atoms with Crippen molar-refractivity contribution < 1.29 is 17.7 Å². The van der Waals surface area contributed by atoms with Gasteiger partial charge in [-0.15, -0.1) is 0 Å². The summed E-state index contributed by atoms with van der Waals surface area (Å²) in [6, 6.07) is 0.311. The summed E-state index contributed by atoms with van der Waals surface area (Å²) in [7, 11) is 1.69. The number of anilines is 1. The molecule has 0 unspecified atom stereocenters. The quantitative estimate of drug-likeness (QED) is 0.815. The predicted octanol–water partition coefficient (Wildman–Crippen LogP) is 3.10. The van der Waals surface area contributed by atoms with Crippen molar-refractivity contribution in [3.63, 3.8) is 0 Å². The van der Waals surface area contributed by atoms with Crippen molar-refractivity contribution in [3.05, 3.63) is 12.4 Å². The fraction of sp³-hybridized carbons (Fsp3) is 0.667. The smallest absolute Gasteiger partial charge is 0.387 e. The Morgan fingerprint density at radius 3 is 2.45 bits per heavy atom. The summed E-state index contributed by atoms with van der Waals surface area (Å²) in [5, 5.41) is 3.75. The summed E-state index contributed by atoms with van der Waals surface area (Å²) in [5.41, 5.74) is 0. The predicted molar refractivity (Wildman–Crippen MR) is 72.9 cm³/mol. The molecule has 0 aromatic carbocycles. The molecule has 0 amide bonds. The second-order valence-electron chi connectivity index (χ2n) is 4.50. The first-order chi connectivity index (χ1) is 9.67. The van der Waals surface area contributed by atoms with E-state index in [0.717, 1.165) is 25.7 Å². The van der Waals surface area contributed by atoms with Crippen LogP contribution >= 0.6 is 12.0 Å². The van der Waals surface area contributed by atoms with Gasteiger partial charge in [0.2, 0.25) is 5.95 Å². The molecule has 0 saturated heterocycles. The van der Waals surface area contributed by atoms with Crippen LogP contribution in [0.4, 0.5) is 14.7 Å². The number of hydrogen-bond acceptors (Lipinski definition) is 6. The molecule has 5 nitrogen and oxygen atoms in total. The van der Waals surface area contributed by atoms with Crippen molar-refractivity contribution in [2.24, 2.45) is 0 Å². The molecule has 0 spiro atoms. The average molecular weight is 305 g/mol. The van der Waals surface area contributed by atoms with Gasteiger partial charge in [0.1, 0.15) is 0 Å². The van der Waals surface area contributed by atoms with Crippen molar-refractivity contribution >= 4 is 18.0 Å². The maximum Gasteiger partial charge on any atom is 0.387 e. The van der Waals surface area contributed by atoms with E-state index in [1.807, 2.05) is 0 Å². The van der Waals surface area contributed by atoms with E-state index in [2.05, 4.69) is 20.0 Å². The largest absolute Gasteiger partial charge is 0.432 e. The van der Waals surface area contributed by atoms with Gasteiger partial charge < -0.3 is 14.2 Å². The van der Waals surface area contributed by atoms with Gasteiger partial charge in [0.25, 0.3) is 0 Å². The number of ether oxygens (including phenoxy) is 1. The van der Waals surface area contributed by atoms with Gasteiger partial charge in [-0.3, -0.25) is 0 Å². The van der Waals surface area contributed by atoms with Crippen LogP contribution in [0.3, 0.4) is 0 Å². The van der Waals surface area contributed by atoms with Crippen LogP contribution in [-0.2, 0) is 4.18 Å². The Bertz CT molecular complexity index is 400. The van der Waals surface area contributed by atoms with Crippen molar-refractivity contribution in [1.82, 2.24) is 9.97 Å². The first-order valence-corrected chi connectivity index (χ1v) is 7.20. The number of alkyl halides is 2. The number of aromatic nitrogens is 2. The Hall–Kier alpha value is -1.15. The second kappa shape index (κ2) is 7.58. The third-order valence-electron chi connectivity index (χ3n) is 3.09. The highest BCUT2D eigenvalue weighted by atomic mass is 32.2. The van der Waals surface area contributed by atoms with E-state index in [4.69, 9.17) is 4.18 Å². The summed E-state index contributed by atoms with van der Waals surface area (Å²) < 4.78 is 33.2. The number of halogens is 2. The van der Waals surface area contributed by atoms with Gasteiger partial charge in [-0.2, -0.15) is 8.78 Å². The summed E-state index contributed by atoms with van der Waals surface area (Å²) in [5.74, 6) is 0.403. The maximum atomic E-state index is 12.0. The molecule has 112 valence electrons. The van der Waals surface area contributed by atoms with E-state index in [0.29, 0.717) is 17.2 Å². The number of hydrogen-bond donors (Lipinski definition) is 1. The minimum atomic E-state index is -2.86. The highest BCUT2D eigenvalue weighted by Crippen LogP contribution is 2.29. The fourth-order valence-corrected chi connectivity index (χ4v) is 2.91. The zero-order chi connectivity index (χ0) is 14.4. The normalized spacial score (nSPS) is 22.8. The first-order valence-electron chi connectivity index (χ1n) is 6.40. The molecule has 8 heteroatoms. The lowest BCUT2D eigenvalue weighted by Crippen LogP contribution is -2.28. The number of nitrogens with one attached hydrogen (secondary N) is 1. The van der Waals surface area contributed by atoms with Crippen LogP contribution in [0, 0.1) is 0 Å². The lowest BCUT2D eigenvalue weighted by atomic mass is 9.95. The first kappa shape index (κ1) is 15.2. The van der Waals surface area contributed by atoms with Crippen LogP contribution in [0.1, 0.15) is 25.7 Å². The monoisotopic (exact) mass is 305 g/mol. The molecule has 0 aliphatic heterocycles. The Morgan fingerprint density at radius 1 is 1.25 bits per heavy atom. The Balaban J connectivity index is 1.79. The van der Waals surface area contributed by atoms with E-state index in [1.54, 1.807) is 7.11 Å². The average Bonchev–Trinajstić information content (AvgIpc) is 2.43. The molecule has 1 N–H and O–H groups in total. The molecular formula is C12H17F2N3O2S. The highest BCUT2D eigenvalue weighted by molar-refractivity contribution is 7.95. The summed E-state index contributed by atoms with van der Waals surface area (Å²) in [4.78, 5) is 7.94. The molecule has 1 aromatic rings. The number of rotatable bonds is 6. The van der Waals surface area contributed by atoms with Crippen LogP contribution in [0.5, 0.6) is 5.75 Å². The Labute approximate surface area is 120 Å². The van der Waals surface area contributed by atoms with Crippen LogP contribution < -0.4 is 10.1 Å². The van der Waals surface area contributed by atoms with Gasteiger partial charge >= 0.3 is 6.61 Å². The Kier molecular flexibility index (Phi) is 5.78. The van der Waals surface area contributed by atoms with Gasteiger partial charge in [-0.1, -0.05) is 0 Å². The maximum absolute atomic E-state index is 12.0. The van der Waals surface area contributed by atoms with Gasteiger partial charge in [0.05, 0.1) is 19.5 Å². The van der Waals surface area contributed by atoms with Crippen LogP contribution in [0.2, 0.25) is 0 Å². The lowest BCUT2D eigenvalue weighted by molar-refractivity contribution is -0.0503. The molecule has 2 rings (SSSR count). The highest BCUT2D eigenvalue weighted by Gasteiger charge is 2.22. The van der Waals surface area contributed by atoms with Crippen LogP contribution in [-0.4, -0.2) is 35.0 Å². The molecule has 1 saturated carbocycles. The molecule has 1 aliphatic carbocycles. The molecule has 1 fully saturated rings. The molecular weight excluding hydrogens is 288 g/mol. The SMILES string of the molecule is COSC1CCC(Nc2ncc(OC(F)F)cn2)CC1. The van der Waals surface area contributed by atoms with Gasteiger partial charge in [-0.05, 0) is 37.7 Å². The van der Waals surface area contributed by atoms with Crippen LogP contribution in [0.15, 0.2) is 12.4 Å². The van der Waals surface area contributed by atoms with E-state index in [9.17, 15) is 8.78 Å². The summed E-state index contributed by atoms with van der Waals surface area (Å²) in [6.07, 6.45) is 6.66. The zero-order valence-electron chi connectivity index (χ0n) is 11.1. The fourth-order valence-electron chi connectivity index (χ4n) is 2.18. The van der Waals surface area contributed by atoms with Crippen LogP contribution in [0.25, 0.3) is 0 Å². The topological polar surface area (TPSA) is 56.3 Å². The summed E-state index contributed by atoms with van der Waals surface area (Å²) >= 11 is 1.52. The van der Waals surface area contributed by atoms with E-state index in [-0.39, 0.29) is 5.75 Å². The Morgan fingerprint density at radius 2 is 1.90 bits per heavy atom. The minimum absolute atomic E-state index is 0.0363. The van der Waals surface area contributed by atoms with Crippen molar-refractivity contribution in [3.8, 4) is 5.75 Å². The minimum Gasteiger partial charge on any atom is -0.432 e. The molecule has 0 bridgehead atoms. The van der Waals surface area contributed by atoms with E-state index >= 15 is 0 Å². The third kappa shape index (κ3) is 4.75. The molecule has 0 radical (unpaired) electrons. The van der Waals surface area contributed by atoms with Crippen molar-refractivity contribution in [1.29, 1.82) is 0 Å². The lowest BCUT2D eigenvalue weighted by Gasteiger charge is -2.27. The van der Waals surface area contributed by atoms with E-state index in [1.165, 1.54) is 24.4 Å². The third-order valence-corrected chi connectivity index (χ3v) is 4.03. The number of nitrogens with zero attached hydrogens (tertiary/aromatic N) is 2. The zero-order valence-corrected chi connectivity index (χ0v) is 11.9. The summed E-state index contributed by atoms with van der Waals surface area (Å²) in [6.45, 7) is -2.86. The van der Waals surface area contributed by atoms with Gasteiger partial charge in [0.15, 0.2) is 5.75 Å². The van der Waals surface area contributed by atoms with Gasteiger partial charge in [0, 0.05) is 11.3 Å². The van der Waals surface area contributed by atoms with Crippen molar-refractivity contribution in [2.75, 3.05) is 12.4 Å². The van der Waals surface area contributed by atoms with E-state index < -0.39 is 6.61 Å². The second-order valence-corrected chi connectivity index (χ2v) is 5.69.